The smallest absolute Gasteiger partial charge is 0.314 e. The van der Waals surface area contributed by atoms with Gasteiger partial charge in [-0.05, 0) is 12.3 Å². The number of aromatic nitrogens is 2. The van der Waals surface area contributed by atoms with Gasteiger partial charge in [0.1, 0.15) is 0 Å². The number of nitrogens with one attached hydrogen (secondary N) is 2. The largest absolute Gasteiger partial charge is 0.481 e. The first-order chi connectivity index (χ1) is 9.88. The molecule has 118 valence electrons. The first kappa shape index (κ1) is 16.9. The number of amides is 2. The topological polar surface area (TPSA) is 117 Å². The third-order valence-electron chi connectivity index (χ3n) is 2.82. The van der Waals surface area contributed by atoms with Crippen molar-refractivity contribution in [2.75, 3.05) is 13.1 Å². The normalized spacial score (nSPS) is 12.2. The number of hydrogen-bond acceptors (Lipinski definition) is 5. The summed E-state index contributed by atoms with van der Waals surface area (Å²) in [6, 6.07) is -0.398. The molecule has 0 aromatic carbocycles. The third-order valence-corrected chi connectivity index (χ3v) is 2.82. The average molecular weight is 298 g/mol. The minimum atomic E-state index is -0.897. The molecule has 1 aromatic heterocycles. The van der Waals surface area contributed by atoms with Crippen molar-refractivity contribution < 1.29 is 19.2 Å². The van der Waals surface area contributed by atoms with Crippen LogP contribution in [0.2, 0.25) is 0 Å². The van der Waals surface area contributed by atoms with Gasteiger partial charge < -0.3 is 20.3 Å². The molecule has 1 unspecified atom stereocenters. The standard InChI is InChI=1S/C13H22N4O4/c1-8(2)6-10(12(18)19)7-15-13(20)14-5-4-11-16-9(3)21-17-11/h8,10H,4-7H2,1-3H3,(H,18,19)(H2,14,15,20). The first-order valence-corrected chi connectivity index (χ1v) is 6.92. The summed E-state index contributed by atoms with van der Waals surface area (Å²) in [6.07, 6.45) is 0.983. The number of rotatable bonds is 8. The fourth-order valence-electron chi connectivity index (χ4n) is 1.85. The monoisotopic (exact) mass is 298 g/mol. The van der Waals surface area contributed by atoms with Crippen LogP contribution in [0.1, 0.15) is 32.0 Å². The van der Waals surface area contributed by atoms with Crippen molar-refractivity contribution >= 4 is 12.0 Å². The zero-order valence-electron chi connectivity index (χ0n) is 12.5. The van der Waals surface area contributed by atoms with Crippen LogP contribution in [0.5, 0.6) is 0 Å². The second-order valence-electron chi connectivity index (χ2n) is 5.28. The summed E-state index contributed by atoms with van der Waals surface area (Å²) in [7, 11) is 0. The average Bonchev–Trinajstić information content (AvgIpc) is 2.79. The van der Waals surface area contributed by atoms with E-state index in [1.807, 2.05) is 13.8 Å². The van der Waals surface area contributed by atoms with Gasteiger partial charge in [0.25, 0.3) is 0 Å². The zero-order valence-corrected chi connectivity index (χ0v) is 12.5. The van der Waals surface area contributed by atoms with Crippen LogP contribution >= 0.6 is 0 Å². The Balaban J connectivity index is 2.24. The van der Waals surface area contributed by atoms with Crippen LogP contribution in [0.3, 0.4) is 0 Å². The van der Waals surface area contributed by atoms with Gasteiger partial charge in [0.05, 0.1) is 5.92 Å². The minimum Gasteiger partial charge on any atom is -0.481 e. The van der Waals surface area contributed by atoms with Gasteiger partial charge >= 0.3 is 12.0 Å². The Bertz CT molecular complexity index is 472. The van der Waals surface area contributed by atoms with Gasteiger partial charge in [0.2, 0.25) is 5.89 Å². The lowest BCUT2D eigenvalue weighted by Gasteiger charge is -2.15. The molecule has 0 spiro atoms. The molecule has 2 amide bonds. The van der Waals surface area contributed by atoms with E-state index >= 15 is 0 Å². The number of aryl methyl sites for hydroxylation is 1. The second kappa shape index (κ2) is 8.23. The number of carboxylic acids is 1. The van der Waals surface area contributed by atoms with Crippen LogP contribution in [0.15, 0.2) is 4.52 Å². The molecule has 0 saturated heterocycles. The van der Waals surface area contributed by atoms with Crippen molar-refractivity contribution in [3.05, 3.63) is 11.7 Å². The Morgan fingerprint density at radius 2 is 2.05 bits per heavy atom. The van der Waals surface area contributed by atoms with E-state index in [1.165, 1.54) is 0 Å². The Labute approximate surface area is 123 Å². The summed E-state index contributed by atoms with van der Waals surface area (Å²) < 4.78 is 4.81. The molecule has 1 atom stereocenters. The lowest BCUT2D eigenvalue weighted by molar-refractivity contribution is -0.142. The molecule has 0 radical (unpaired) electrons. The van der Waals surface area contributed by atoms with Crippen LogP contribution in [0.4, 0.5) is 4.79 Å². The highest BCUT2D eigenvalue weighted by molar-refractivity contribution is 5.75. The summed E-state index contributed by atoms with van der Waals surface area (Å²) in [5, 5.41) is 18.0. The predicted molar refractivity (Wildman–Crippen MR) is 74.7 cm³/mol. The molecule has 21 heavy (non-hydrogen) atoms. The van der Waals surface area contributed by atoms with E-state index in [0.717, 1.165) is 0 Å². The number of aliphatic carboxylic acids is 1. The number of hydrogen-bond donors (Lipinski definition) is 3. The molecular weight excluding hydrogens is 276 g/mol. The van der Waals surface area contributed by atoms with E-state index < -0.39 is 17.9 Å². The van der Waals surface area contributed by atoms with Crippen LogP contribution in [-0.2, 0) is 11.2 Å². The van der Waals surface area contributed by atoms with E-state index in [9.17, 15) is 9.59 Å². The quantitative estimate of drug-likeness (QED) is 0.658. The Hall–Kier alpha value is -2.12. The highest BCUT2D eigenvalue weighted by Gasteiger charge is 2.19. The SMILES string of the molecule is Cc1nc(CCNC(=O)NCC(CC(C)C)C(=O)O)no1. The highest BCUT2D eigenvalue weighted by Crippen LogP contribution is 2.10. The summed E-state index contributed by atoms with van der Waals surface area (Å²) in [5.74, 6) is -0.206. The number of carboxylic acid groups (broad SMARTS) is 1. The van der Waals surface area contributed by atoms with Crippen molar-refractivity contribution in [1.29, 1.82) is 0 Å². The number of urea groups is 1. The second-order valence-corrected chi connectivity index (χ2v) is 5.28. The lowest BCUT2D eigenvalue weighted by atomic mass is 9.97. The predicted octanol–water partition coefficient (Wildman–Crippen LogP) is 0.967. The Morgan fingerprint density at radius 3 is 2.57 bits per heavy atom. The van der Waals surface area contributed by atoms with Gasteiger partial charge in [0.15, 0.2) is 5.82 Å². The van der Waals surface area contributed by atoms with Crippen LogP contribution < -0.4 is 10.6 Å². The van der Waals surface area contributed by atoms with E-state index in [0.29, 0.717) is 31.1 Å². The molecule has 0 bridgehead atoms. The fraction of sp³-hybridized carbons (Fsp3) is 0.692. The third kappa shape index (κ3) is 6.73. The van der Waals surface area contributed by atoms with Gasteiger partial charge in [-0.1, -0.05) is 19.0 Å². The van der Waals surface area contributed by atoms with Crippen LogP contribution in [-0.4, -0.2) is 40.3 Å². The maximum absolute atomic E-state index is 11.6. The summed E-state index contributed by atoms with van der Waals surface area (Å²) in [5.41, 5.74) is 0. The summed E-state index contributed by atoms with van der Waals surface area (Å²) in [4.78, 5) is 26.6. The van der Waals surface area contributed by atoms with Crippen molar-refractivity contribution in [1.82, 2.24) is 20.8 Å². The van der Waals surface area contributed by atoms with Gasteiger partial charge in [-0.25, -0.2) is 4.79 Å². The van der Waals surface area contributed by atoms with Gasteiger partial charge in [-0.3, -0.25) is 4.79 Å². The van der Waals surface area contributed by atoms with Crippen molar-refractivity contribution in [3.8, 4) is 0 Å². The molecule has 0 saturated carbocycles. The number of nitrogens with zero attached hydrogens (tertiary/aromatic N) is 2. The summed E-state index contributed by atoms with van der Waals surface area (Å²) >= 11 is 0. The van der Waals surface area contributed by atoms with E-state index in [-0.39, 0.29) is 12.5 Å². The number of carbonyl (C=O) groups excluding carboxylic acids is 1. The highest BCUT2D eigenvalue weighted by atomic mass is 16.5. The molecule has 3 N–H and O–H groups in total. The van der Waals surface area contributed by atoms with E-state index in [2.05, 4.69) is 20.8 Å². The molecule has 8 heteroatoms. The van der Waals surface area contributed by atoms with Gasteiger partial charge in [-0.2, -0.15) is 4.98 Å². The van der Waals surface area contributed by atoms with E-state index in [1.54, 1.807) is 6.92 Å². The molecule has 0 aliphatic carbocycles. The molecule has 1 aromatic rings. The molecule has 0 aliphatic rings. The Kier molecular flexibility index (Phi) is 6.64. The van der Waals surface area contributed by atoms with Crippen LogP contribution in [0, 0.1) is 18.8 Å². The zero-order chi connectivity index (χ0) is 15.8. The maximum Gasteiger partial charge on any atom is 0.314 e. The fourth-order valence-corrected chi connectivity index (χ4v) is 1.85. The Morgan fingerprint density at radius 1 is 1.33 bits per heavy atom. The lowest BCUT2D eigenvalue weighted by Crippen LogP contribution is -2.41. The maximum atomic E-state index is 11.6. The molecule has 1 rings (SSSR count). The molecule has 1 heterocycles. The molecule has 8 nitrogen and oxygen atoms in total. The molecule has 0 fully saturated rings. The molecule has 0 aliphatic heterocycles. The van der Waals surface area contributed by atoms with Crippen molar-refractivity contribution in [2.24, 2.45) is 11.8 Å². The molecular formula is C13H22N4O4. The van der Waals surface area contributed by atoms with Gasteiger partial charge in [0, 0.05) is 26.4 Å². The van der Waals surface area contributed by atoms with Crippen LogP contribution in [0.25, 0.3) is 0 Å². The van der Waals surface area contributed by atoms with Gasteiger partial charge in [-0.15, -0.1) is 0 Å². The van der Waals surface area contributed by atoms with E-state index in [4.69, 9.17) is 9.63 Å². The summed E-state index contributed by atoms with van der Waals surface area (Å²) in [6.45, 7) is 6.05. The number of carbonyl (C=O) groups is 2. The minimum absolute atomic E-state index is 0.112. The van der Waals surface area contributed by atoms with Crippen molar-refractivity contribution in [3.63, 3.8) is 0 Å². The van der Waals surface area contributed by atoms with Crippen molar-refractivity contribution in [2.45, 2.75) is 33.6 Å². The first-order valence-electron chi connectivity index (χ1n) is 6.92.